The second-order valence-corrected chi connectivity index (χ2v) is 4.40. The van der Waals surface area contributed by atoms with Gasteiger partial charge in [-0.3, -0.25) is 4.98 Å². The van der Waals surface area contributed by atoms with Crippen LogP contribution in [0.25, 0.3) is 0 Å². The summed E-state index contributed by atoms with van der Waals surface area (Å²) in [6.07, 6.45) is 1.82. The van der Waals surface area contributed by atoms with Crippen LogP contribution in [0, 0.1) is 13.8 Å². The molecule has 2 aromatic rings. The Kier molecular flexibility index (Phi) is 3.55. The van der Waals surface area contributed by atoms with Crippen molar-refractivity contribution in [2.45, 2.75) is 26.4 Å². The third-order valence-electron chi connectivity index (χ3n) is 2.95. The van der Waals surface area contributed by atoms with Crippen LogP contribution in [0.2, 0.25) is 0 Å². The fraction of sp³-hybridized carbons (Fsp3) is 0.267. The molecule has 88 valence electrons. The highest BCUT2D eigenvalue weighted by molar-refractivity contribution is 5.27. The Morgan fingerprint density at radius 1 is 1.18 bits per heavy atom. The largest absolute Gasteiger partial charge is 0.386 e. The molecule has 0 aliphatic carbocycles. The number of rotatable bonds is 3. The van der Waals surface area contributed by atoms with Crippen molar-refractivity contribution in [3.05, 3.63) is 65.0 Å². The Hall–Kier alpha value is -1.67. The van der Waals surface area contributed by atoms with Gasteiger partial charge in [0.25, 0.3) is 0 Å². The van der Waals surface area contributed by atoms with Crippen LogP contribution in [0.4, 0.5) is 0 Å². The molecule has 0 radical (unpaired) electrons. The van der Waals surface area contributed by atoms with E-state index < -0.39 is 6.10 Å². The van der Waals surface area contributed by atoms with Gasteiger partial charge in [-0.05, 0) is 42.7 Å². The number of aromatic nitrogens is 1. The van der Waals surface area contributed by atoms with Crippen LogP contribution in [0.5, 0.6) is 0 Å². The first-order chi connectivity index (χ1) is 8.16. The summed E-state index contributed by atoms with van der Waals surface area (Å²) in [5.41, 5.74) is 4.24. The Balaban J connectivity index is 2.17. The molecule has 0 fully saturated rings. The molecule has 17 heavy (non-hydrogen) atoms. The first kappa shape index (κ1) is 11.8. The number of pyridine rings is 1. The highest BCUT2D eigenvalue weighted by Gasteiger charge is 2.11. The molecule has 2 heteroatoms. The van der Waals surface area contributed by atoms with Gasteiger partial charge in [0, 0.05) is 12.6 Å². The van der Waals surface area contributed by atoms with Crippen molar-refractivity contribution >= 4 is 0 Å². The van der Waals surface area contributed by atoms with E-state index in [1.165, 1.54) is 11.1 Å². The van der Waals surface area contributed by atoms with Crippen molar-refractivity contribution in [1.29, 1.82) is 0 Å². The first-order valence-electron chi connectivity index (χ1n) is 5.82. The average molecular weight is 227 g/mol. The van der Waals surface area contributed by atoms with Crippen LogP contribution < -0.4 is 0 Å². The van der Waals surface area contributed by atoms with Gasteiger partial charge in [0.1, 0.15) is 0 Å². The smallest absolute Gasteiger partial charge is 0.1000 e. The Morgan fingerprint density at radius 3 is 2.65 bits per heavy atom. The summed E-state index contributed by atoms with van der Waals surface area (Å²) < 4.78 is 0. The van der Waals surface area contributed by atoms with Crippen LogP contribution in [0.3, 0.4) is 0 Å². The lowest BCUT2D eigenvalue weighted by Gasteiger charge is -2.12. The molecule has 0 aliphatic rings. The van der Waals surface area contributed by atoms with E-state index >= 15 is 0 Å². The molecular weight excluding hydrogens is 210 g/mol. The van der Waals surface area contributed by atoms with Crippen molar-refractivity contribution in [3.63, 3.8) is 0 Å². The minimum absolute atomic E-state index is 0.531. The third kappa shape index (κ3) is 2.92. The van der Waals surface area contributed by atoms with Crippen molar-refractivity contribution in [3.8, 4) is 0 Å². The quantitative estimate of drug-likeness (QED) is 0.874. The molecule has 1 heterocycles. The van der Waals surface area contributed by atoms with Crippen LogP contribution in [0.15, 0.2) is 42.6 Å². The Labute approximate surface area is 102 Å². The molecule has 1 unspecified atom stereocenters. The minimum Gasteiger partial charge on any atom is -0.386 e. The van der Waals surface area contributed by atoms with Gasteiger partial charge in [0.05, 0.1) is 11.8 Å². The molecule has 1 N–H and O–H groups in total. The number of aliphatic hydroxyl groups excluding tert-OH is 1. The van der Waals surface area contributed by atoms with Crippen molar-refractivity contribution in [1.82, 2.24) is 4.98 Å². The molecule has 2 rings (SSSR count). The van der Waals surface area contributed by atoms with E-state index in [1.807, 2.05) is 37.3 Å². The van der Waals surface area contributed by atoms with Crippen LogP contribution >= 0.6 is 0 Å². The van der Waals surface area contributed by atoms with E-state index in [0.717, 1.165) is 11.3 Å². The zero-order valence-electron chi connectivity index (χ0n) is 10.2. The molecule has 1 aromatic heterocycles. The summed E-state index contributed by atoms with van der Waals surface area (Å²) in [4.78, 5) is 4.22. The summed E-state index contributed by atoms with van der Waals surface area (Å²) in [6.45, 7) is 4.07. The summed E-state index contributed by atoms with van der Waals surface area (Å²) in [7, 11) is 0. The molecule has 1 aromatic carbocycles. The van der Waals surface area contributed by atoms with Gasteiger partial charge in [-0.25, -0.2) is 0 Å². The van der Waals surface area contributed by atoms with Crippen LogP contribution in [-0.2, 0) is 6.42 Å². The number of benzene rings is 1. The summed E-state index contributed by atoms with van der Waals surface area (Å²) in [5.74, 6) is 0. The molecular formula is C15H17NO. The van der Waals surface area contributed by atoms with Crippen LogP contribution in [-0.4, -0.2) is 10.1 Å². The lowest BCUT2D eigenvalue weighted by atomic mass is 10.0. The van der Waals surface area contributed by atoms with Gasteiger partial charge in [-0.1, -0.05) is 24.3 Å². The Morgan fingerprint density at radius 2 is 1.94 bits per heavy atom. The second kappa shape index (κ2) is 5.11. The predicted octanol–water partition coefficient (Wildman–Crippen LogP) is 2.97. The summed E-state index contributed by atoms with van der Waals surface area (Å²) >= 11 is 0. The van der Waals surface area contributed by atoms with E-state index in [4.69, 9.17) is 0 Å². The second-order valence-electron chi connectivity index (χ2n) is 4.40. The molecule has 1 atom stereocenters. The maximum Gasteiger partial charge on any atom is 0.1000 e. The van der Waals surface area contributed by atoms with E-state index in [2.05, 4.69) is 18.0 Å². The molecule has 0 saturated carbocycles. The number of aryl methyl sites for hydroxylation is 2. The lowest BCUT2D eigenvalue weighted by Crippen LogP contribution is -2.05. The topological polar surface area (TPSA) is 33.1 Å². The van der Waals surface area contributed by atoms with E-state index in [1.54, 1.807) is 6.20 Å². The van der Waals surface area contributed by atoms with Gasteiger partial charge < -0.3 is 5.11 Å². The van der Waals surface area contributed by atoms with E-state index in [-0.39, 0.29) is 0 Å². The minimum atomic E-state index is -0.531. The van der Waals surface area contributed by atoms with Gasteiger partial charge >= 0.3 is 0 Å². The van der Waals surface area contributed by atoms with Crippen molar-refractivity contribution < 1.29 is 5.11 Å². The molecule has 0 aliphatic heterocycles. The van der Waals surface area contributed by atoms with Crippen molar-refractivity contribution in [2.75, 3.05) is 0 Å². The SMILES string of the molecule is Cc1ccnc(C(O)Cc2ccccc2C)c1. The van der Waals surface area contributed by atoms with Crippen molar-refractivity contribution in [2.24, 2.45) is 0 Å². The van der Waals surface area contributed by atoms with Gasteiger partial charge in [0.15, 0.2) is 0 Å². The highest BCUT2D eigenvalue weighted by atomic mass is 16.3. The Bertz CT molecular complexity index is 508. The fourth-order valence-electron chi connectivity index (χ4n) is 1.89. The summed E-state index contributed by atoms with van der Waals surface area (Å²) in [6, 6.07) is 12.0. The normalized spacial score (nSPS) is 12.4. The van der Waals surface area contributed by atoms with E-state index in [9.17, 15) is 5.11 Å². The highest BCUT2D eigenvalue weighted by Crippen LogP contribution is 2.19. The zero-order chi connectivity index (χ0) is 12.3. The molecule has 0 spiro atoms. The molecule has 0 bridgehead atoms. The van der Waals surface area contributed by atoms with Gasteiger partial charge in [0.2, 0.25) is 0 Å². The molecule has 0 amide bonds. The first-order valence-corrected chi connectivity index (χ1v) is 5.82. The number of aliphatic hydroxyl groups is 1. The van der Waals surface area contributed by atoms with Gasteiger partial charge in [-0.15, -0.1) is 0 Å². The maximum atomic E-state index is 10.2. The monoisotopic (exact) mass is 227 g/mol. The number of hydrogen-bond donors (Lipinski definition) is 1. The predicted molar refractivity (Wildman–Crippen MR) is 68.8 cm³/mol. The number of hydrogen-bond acceptors (Lipinski definition) is 2. The van der Waals surface area contributed by atoms with E-state index in [0.29, 0.717) is 6.42 Å². The zero-order valence-corrected chi connectivity index (χ0v) is 10.2. The van der Waals surface area contributed by atoms with Gasteiger partial charge in [-0.2, -0.15) is 0 Å². The lowest BCUT2D eigenvalue weighted by molar-refractivity contribution is 0.173. The third-order valence-corrected chi connectivity index (χ3v) is 2.95. The molecule has 2 nitrogen and oxygen atoms in total. The van der Waals surface area contributed by atoms with Crippen LogP contribution in [0.1, 0.15) is 28.5 Å². The standard InChI is InChI=1S/C15H17NO/c1-11-7-8-16-14(9-11)15(17)10-13-6-4-3-5-12(13)2/h3-9,15,17H,10H2,1-2H3. The maximum absolute atomic E-state index is 10.2. The molecule has 0 saturated heterocycles. The average Bonchev–Trinajstić information content (AvgIpc) is 2.32. The fourth-order valence-corrected chi connectivity index (χ4v) is 1.89. The number of nitrogens with zero attached hydrogens (tertiary/aromatic N) is 1. The summed E-state index contributed by atoms with van der Waals surface area (Å²) in [5, 5.41) is 10.2.